The van der Waals surface area contributed by atoms with Crippen molar-refractivity contribution in [3.63, 3.8) is 0 Å². The zero-order valence-electron chi connectivity index (χ0n) is 11.3. The summed E-state index contributed by atoms with van der Waals surface area (Å²) in [6.45, 7) is 6.17. The number of nitrogens with zero attached hydrogens (tertiary/aromatic N) is 1. The molecule has 18 heavy (non-hydrogen) atoms. The van der Waals surface area contributed by atoms with Gasteiger partial charge in [-0.1, -0.05) is 18.2 Å². The fraction of sp³-hybridized carbons (Fsp3) is 0.692. The van der Waals surface area contributed by atoms with Gasteiger partial charge in [-0.2, -0.15) is 0 Å². The minimum atomic E-state index is -0.0934. The Morgan fingerprint density at radius 3 is 2.72 bits per heavy atom. The Hall–Kier alpha value is -0.970. The van der Waals surface area contributed by atoms with Crippen LogP contribution in [0.1, 0.15) is 44.1 Å². The van der Waals surface area contributed by atoms with E-state index in [0.717, 1.165) is 41.7 Å². The van der Waals surface area contributed by atoms with Gasteiger partial charge in [0.2, 0.25) is 0 Å². The predicted molar refractivity (Wildman–Crippen MR) is 71.8 cm³/mol. The van der Waals surface area contributed by atoms with Crippen LogP contribution in [-0.4, -0.2) is 23.3 Å². The second-order valence-electron chi connectivity index (χ2n) is 4.09. The zero-order valence-corrected chi connectivity index (χ0v) is 12.1. The van der Waals surface area contributed by atoms with Crippen LogP contribution in [0.25, 0.3) is 0 Å². The number of hydrogen-bond donors (Lipinski definition) is 0. The molecule has 0 fully saturated rings. The summed E-state index contributed by atoms with van der Waals surface area (Å²) in [5, 5.41) is 0.746. The molecule has 4 nitrogen and oxygen atoms in total. The van der Waals surface area contributed by atoms with Crippen molar-refractivity contribution in [2.45, 2.75) is 51.7 Å². The van der Waals surface area contributed by atoms with E-state index < -0.39 is 0 Å². The summed E-state index contributed by atoms with van der Waals surface area (Å²) in [4.78, 5) is 15.4. The minimum absolute atomic E-state index is 0.0934. The molecule has 0 N–H and O–H groups in total. The second-order valence-corrected chi connectivity index (χ2v) is 5.13. The first-order valence-electron chi connectivity index (χ1n) is 6.36. The largest absolute Gasteiger partial charge is 0.466 e. The number of aromatic nitrogens is 1. The summed E-state index contributed by atoms with van der Waals surface area (Å²) >= 11 is 1.63. The van der Waals surface area contributed by atoms with Crippen molar-refractivity contribution in [3.8, 4) is 0 Å². The van der Waals surface area contributed by atoms with Crippen LogP contribution in [0.5, 0.6) is 0 Å². The number of carbonyl (C=O) groups is 1. The summed E-state index contributed by atoms with van der Waals surface area (Å²) in [6.07, 6.45) is 3.51. The molecular formula is C13H21NO3S. The van der Waals surface area contributed by atoms with Gasteiger partial charge in [0.25, 0.3) is 5.22 Å². The summed E-state index contributed by atoms with van der Waals surface area (Å²) < 4.78 is 10.3. The van der Waals surface area contributed by atoms with Gasteiger partial charge < -0.3 is 9.15 Å². The van der Waals surface area contributed by atoms with Crippen molar-refractivity contribution in [1.29, 1.82) is 0 Å². The van der Waals surface area contributed by atoms with Crippen LogP contribution in [-0.2, 0) is 9.53 Å². The molecular weight excluding hydrogens is 250 g/mol. The summed E-state index contributed by atoms with van der Waals surface area (Å²) in [7, 11) is 0. The lowest BCUT2D eigenvalue weighted by atomic mass is 10.2. The van der Waals surface area contributed by atoms with Crippen LogP contribution in [0.15, 0.2) is 9.64 Å². The molecule has 0 aromatic carbocycles. The van der Waals surface area contributed by atoms with Crippen molar-refractivity contribution in [2.75, 3.05) is 12.4 Å². The molecule has 0 bridgehead atoms. The van der Waals surface area contributed by atoms with E-state index in [0.29, 0.717) is 13.0 Å². The third kappa shape index (κ3) is 5.58. The molecule has 1 heterocycles. The average molecular weight is 271 g/mol. The van der Waals surface area contributed by atoms with E-state index >= 15 is 0 Å². The molecule has 0 saturated carbocycles. The fourth-order valence-corrected chi connectivity index (χ4v) is 2.35. The van der Waals surface area contributed by atoms with Crippen LogP contribution in [0.4, 0.5) is 0 Å². The van der Waals surface area contributed by atoms with Gasteiger partial charge in [-0.05, 0) is 33.6 Å². The Kier molecular flexibility index (Phi) is 6.86. The maximum absolute atomic E-state index is 11.1. The van der Waals surface area contributed by atoms with E-state index in [-0.39, 0.29) is 5.97 Å². The highest BCUT2D eigenvalue weighted by atomic mass is 32.2. The number of thioether (sulfide) groups is 1. The van der Waals surface area contributed by atoms with Crippen LogP contribution < -0.4 is 0 Å². The van der Waals surface area contributed by atoms with Gasteiger partial charge in [-0.15, -0.1) is 0 Å². The van der Waals surface area contributed by atoms with Crippen LogP contribution in [0.3, 0.4) is 0 Å². The molecule has 1 rings (SSSR count). The van der Waals surface area contributed by atoms with Crippen LogP contribution in [0, 0.1) is 13.8 Å². The highest BCUT2D eigenvalue weighted by Gasteiger charge is 2.06. The van der Waals surface area contributed by atoms with E-state index in [1.54, 1.807) is 11.8 Å². The summed E-state index contributed by atoms with van der Waals surface area (Å²) in [5.74, 6) is 1.77. The van der Waals surface area contributed by atoms with Gasteiger partial charge >= 0.3 is 5.97 Å². The molecule has 0 unspecified atom stereocenters. The van der Waals surface area contributed by atoms with Crippen molar-refractivity contribution in [3.05, 3.63) is 11.5 Å². The second kappa shape index (κ2) is 8.19. The number of ether oxygens (including phenoxy) is 1. The third-order valence-corrected chi connectivity index (χ3v) is 3.48. The van der Waals surface area contributed by atoms with Gasteiger partial charge in [0.15, 0.2) is 0 Å². The van der Waals surface area contributed by atoms with Crippen molar-refractivity contribution < 1.29 is 13.9 Å². The van der Waals surface area contributed by atoms with E-state index in [9.17, 15) is 4.79 Å². The van der Waals surface area contributed by atoms with Crippen molar-refractivity contribution in [1.82, 2.24) is 4.98 Å². The lowest BCUT2D eigenvalue weighted by Crippen LogP contribution is -2.03. The zero-order chi connectivity index (χ0) is 13.4. The van der Waals surface area contributed by atoms with E-state index in [4.69, 9.17) is 9.15 Å². The molecule has 1 aromatic heterocycles. The van der Waals surface area contributed by atoms with Crippen LogP contribution in [0.2, 0.25) is 0 Å². The summed E-state index contributed by atoms with van der Waals surface area (Å²) in [6, 6.07) is 0. The Balaban J connectivity index is 2.03. The van der Waals surface area contributed by atoms with Gasteiger partial charge in [0.1, 0.15) is 5.76 Å². The maximum atomic E-state index is 11.1. The standard InChI is InChI=1S/C13H21NO3S/c1-4-16-12(15)8-6-5-7-9-18-13-14-10(2)11(3)17-13/h4-9H2,1-3H3. The maximum Gasteiger partial charge on any atom is 0.305 e. The van der Waals surface area contributed by atoms with Gasteiger partial charge in [-0.3, -0.25) is 4.79 Å². The molecule has 0 radical (unpaired) electrons. The van der Waals surface area contributed by atoms with Crippen molar-refractivity contribution in [2.24, 2.45) is 0 Å². The predicted octanol–water partition coefficient (Wildman–Crippen LogP) is 3.51. The number of esters is 1. The first kappa shape index (κ1) is 15.1. The molecule has 0 spiro atoms. The number of rotatable bonds is 8. The van der Waals surface area contributed by atoms with Gasteiger partial charge in [0.05, 0.1) is 12.3 Å². The summed E-state index contributed by atoms with van der Waals surface area (Å²) in [5.41, 5.74) is 0.958. The molecule has 5 heteroatoms. The van der Waals surface area contributed by atoms with Gasteiger partial charge in [-0.25, -0.2) is 4.98 Å². The molecule has 102 valence electrons. The molecule has 0 atom stereocenters. The molecule has 0 amide bonds. The molecule has 0 saturated heterocycles. The smallest absolute Gasteiger partial charge is 0.305 e. The topological polar surface area (TPSA) is 52.3 Å². The van der Waals surface area contributed by atoms with Crippen LogP contribution >= 0.6 is 11.8 Å². The Bertz CT molecular complexity index is 357. The molecule has 1 aromatic rings. The Labute approximate surface area is 112 Å². The highest BCUT2D eigenvalue weighted by molar-refractivity contribution is 7.99. The van der Waals surface area contributed by atoms with Crippen molar-refractivity contribution >= 4 is 17.7 Å². The quantitative estimate of drug-likeness (QED) is 0.411. The lowest BCUT2D eigenvalue weighted by molar-refractivity contribution is -0.143. The average Bonchev–Trinajstić information content (AvgIpc) is 2.63. The fourth-order valence-electron chi connectivity index (χ4n) is 1.45. The Morgan fingerprint density at radius 1 is 1.33 bits per heavy atom. The lowest BCUT2D eigenvalue weighted by Gasteiger charge is -2.01. The third-order valence-electron chi connectivity index (χ3n) is 2.57. The van der Waals surface area contributed by atoms with E-state index in [1.165, 1.54) is 0 Å². The van der Waals surface area contributed by atoms with E-state index in [1.807, 2.05) is 20.8 Å². The number of carbonyl (C=O) groups excluding carboxylic acids is 1. The molecule has 0 aliphatic heterocycles. The van der Waals surface area contributed by atoms with Gasteiger partial charge in [0, 0.05) is 12.2 Å². The number of oxazole rings is 1. The van der Waals surface area contributed by atoms with E-state index in [2.05, 4.69) is 4.98 Å². The number of unbranched alkanes of at least 4 members (excludes halogenated alkanes) is 2. The molecule has 0 aliphatic carbocycles. The minimum Gasteiger partial charge on any atom is -0.466 e. The monoisotopic (exact) mass is 271 g/mol. The highest BCUT2D eigenvalue weighted by Crippen LogP contribution is 2.21. The first-order valence-corrected chi connectivity index (χ1v) is 7.34. The number of aryl methyl sites for hydroxylation is 2. The SMILES string of the molecule is CCOC(=O)CCCCCSc1nc(C)c(C)o1. The number of hydrogen-bond acceptors (Lipinski definition) is 5. The first-order chi connectivity index (χ1) is 8.63. The normalized spacial score (nSPS) is 10.6. The molecule has 0 aliphatic rings. The Morgan fingerprint density at radius 2 is 2.11 bits per heavy atom.